The van der Waals surface area contributed by atoms with Gasteiger partial charge in [-0.15, -0.1) is 11.3 Å². The molecule has 3 aromatic rings. The summed E-state index contributed by atoms with van der Waals surface area (Å²) in [7, 11) is 1.96. The summed E-state index contributed by atoms with van der Waals surface area (Å²) in [6.07, 6.45) is 1.78. The maximum atomic E-state index is 9.11. The van der Waals surface area contributed by atoms with Gasteiger partial charge in [0.15, 0.2) is 0 Å². The molecule has 1 aromatic carbocycles. The highest BCUT2D eigenvalue weighted by atomic mass is 32.1. The molecule has 0 aliphatic carbocycles. The van der Waals surface area contributed by atoms with Gasteiger partial charge in [-0.3, -0.25) is 0 Å². The van der Waals surface area contributed by atoms with Crippen molar-refractivity contribution in [2.75, 3.05) is 0 Å². The molecule has 2 aromatic heterocycles. The minimum absolute atomic E-state index is 0.655. The van der Waals surface area contributed by atoms with Gasteiger partial charge in [-0.05, 0) is 19.1 Å². The van der Waals surface area contributed by atoms with Gasteiger partial charge in [0, 0.05) is 12.6 Å². The maximum absolute atomic E-state index is 9.11. The zero-order chi connectivity index (χ0) is 12.7. The lowest BCUT2D eigenvalue weighted by Crippen LogP contribution is -1.85. The van der Waals surface area contributed by atoms with Gasteiger partial charge in [-0.25, -0.2) is 9.97 Å². The molecule has 0 N–H and O–H groups in total. The van der Waals surface area contributed by atoms with Crippen LogP contribution in [0.3, 0.4) is 0 Å². The number of benzene rings is 1. The topological polar surface area (TPSA) is 54.5 Å². The second kappa shape index (κ2) is 3.93. The van der Waals surface area contributed by atoms with E-state index >= 15 is 0 Å². The van der Waals surface area contributed by atoms with E-state index in [1.165, 1.54) is 11.3 Å². The minimum atomic E-state index is 0.655. The summed E-state index contributed by atoms with van der Waals surface area (Å²) < 4.78 is 1.97. The maximum Gasteiger partial charge on any atom is 0.132 e. The van der Waals surface area contributed by atoms with Gasteiger partial charge in [0.1, 0.15) is 10.9 Å². The highest BCUT2D eigenvalue weighted by Gasteiger charge is 2.12. The van der Waals surface area contributed by atoms with Crippen LogP contribution in [0.2, 0.25) is 0 Å². The van der Waals surface area contributed by atoms with Gasteiger partial charge < -0.3 is 4.57 Å². The first-order valence-corrected chi connectivity index (χ1v) is 6.29. The summed E-state index contributed by atoms with van der Waals surface area (Å²) in [5.41, 5.74) is 3.70. The van der Waals surface area contributed by atoms with Gasteiger partial charge in [0.25, 0.3) is 0 Å². The predicted octanol–water partition coefficient (Wildman–Crippen LogP) is 2.88. The molecule has 0 aliphatic rings. The van der Waals surface area contributed by atoms with Gasteiger partial charge in [0.2, 0.25) is 0 Å². The monoisotopic (exact) mass is 254 g/mol. The number of imidazole rings is 1. The first-order chi connectivity index (χ1) is 8.69. The lowest BCUT2D eigenvalue weighted by Gasteiger charge is -1.99. The van der Waals surface area contributed by atoms with E-state index in [4.69, 9.17) is 5.26 Å². The van der Waals surface area contributed by atoms with Gasteiger partial charge in [-0.2, -0.15) is 5.26 Å². The van der Waals surface area contributed by atoms with Crippen LogP contribution >= 0.6 is 11.3 Å². The van der Waals surface area contributed by atoms with Crippen LogP contribution in [-0.2, 0) is 7.05 Å². The zero-order valence-electron chi connectivity index (χ0n) is 10.0. The number of nitriles is 1. The van der Waals surface area contributed by atoms with E-state index < -0.39 is 0 Å². The molecule has 18 heavy (non-hydrogen) atoms. The molecule has 5 heteroatoms. The summed E-state index contributed by atoms with van der Waals surface area (Å²) in [5.74, 6) is 0. The van der Waals surface area contributed by atoms with Crippen LogP contribution in [0.4, 0.5) is 0 Å². The third-order valence-electron chi connectivity index (χ3n) is 2.83. The Morgan fingerprint density at radius 1 is 1.39 bits per heavy atom. The smallest absolute Gasteiger partial charge is 0.132 e. The molecule has 0 saturated carbocycles. The fourth-order valence-corrected chi connectivity index (χ4v) is 2.72. The van der Waals surface area contributed by atoms with Crippen LogP contribution in [0.15, 0.2) is 24.5 Å². The van der Waals surface area contributed by atoms with Crippen LogP contribution < -0.4 is 0 Å². The van der Waals surface area contributed by atoms with E-state index in [-0.39, 0.29) is 0 Å². The quantitative estimate of drug-likeness (QED) is 0.671. The third kappa shape index (κ3) is 1.59. The lowest BCUT2D eigenvalue weighted by atomic mass is 10.1. The molecular weight excluding hydrogens is 244 g/mol. The zero-order valence-corrected chi connectivity index (χ0v) is 10.8. The van der Waals surface area contributed by atoms with Crippen molar-refractivity contribution in [1.29, 1.82) is 5.26 Å². The largest absolute Gasteiger partial charge is 0.334 e. The minimum Gasteiger partial charge on any atom is -0.334 e. The molecule has 0 unspecified atom stereocenters. The van der Waals surface area contributed by atoms with Crippen molar-refractivity contribution in [3.8, 4) is 17.3 Å². The van der Waals surface area contributed by atoms with Gasteiger partial charge in [-0.1, -0.05) is 6.07 Å². The Hall–Kier alpha value is -2.19. The summed E-state index contributed by atoms with van der Waals surface area (Å²) in [6, 6.07) is 8.17. The molecule has 0 atom stereocenters. The third-order valence-corrected chi connectivity index (χ3v) is 3.71. The van der Waals surface area contributed by atoms with Crippen LogP contribution in [0.5, 0.6) is 0 Å². The molecular formula is C13H10N4S. The van der Waals surface area contributed by atoms with E-state index in [0.29, 0.717) is 4.88 Å². The van der Waals surface area contributed by atoms with Crippen molar-refractivity contribution in [1.82, 2.24) is 14.5 Å². The summed E-state index contributed by atoms with van der Waals surface area (Å²) in [5, 5.41) is 10.0. The summed E-state index contributed by atoms with van der Waals surface area (Å²) in [4.78, 5) is 9.40. The van der Waals surface area contributed by atoms with E-state index in [9.17, 15) is 0 Å². The molecule has 2 heterocycles. The van der Waals surface area contributed by atoms with Crippen molar-refractivity contribution in [3.05, 3.63) is 34.4 Å². The molecule has 0 bridgehead atoms. The first kappa shape index (κ1) is 10.9. The van der Waals surface area contributed by atoms with E-state index in [1.807, 2.05) is 36.7 Å². The molecule has 88 valence electrons. The van der Waals surface area contributed by atoms with Crippen molar-refractivity contribution >= 4 is 22.4 Å². The van der Waals surface area contributed by atoms with Crippen molar-refractivity contribution in [2.24, 2.45) is 7.05 Å². The predicted molar refractivity (Wildman–Crippen MR) is 71.3 cm³/mol. The van der Waals surface area contributed by atoms with Crippen LogP contribution in [-0.4, -0.2) is 14.5 Å². The number of nitrogens with zero attached hydrogens (tertiary/aromatic N) is 4. The Morgan fingerprint density at radius 2 is 2.22 bits per heavy atom. The van der Waals surface area contributed by atoms with Crippen molar-refractivity contribution in [3.63, 3.8) is 0 Å². The standard InChI is InChI=1S/C13H10N4S/c1-8-16-13(12(6-14)18-8)9-3-4-11-10(5-9)15-7-17(11)2/h3-5,7H,1-2H3. The molecule has 0 aliphatic heterocycles. The summed E-state index contributed by atoms with van der Waals surface area (Å²) >= 11 is 1.42. The number of rotatable bonds is 1. The number of thiazole rings is 1. The SMILES string of the molecule is Cc1nc(-c2ccc3c(c2)ncn3C)c(C#N)s1. The second-order valence-electron chi connectivity index (χ2n) is 4.08. The van der Waals surface area contributed by atoms with Gasteiger partial charge >= 0.3 is 0 Å². The fourth-order valence-electron chi connectivity index (χ4n) is 1.98. The van der Waals surface area contributed by atoms with Crippen LogP contribution in [0.1, 0.15) is 9.88 Å². The summed E-state index contributed by atoms with van der Waals surface area (Å²) in [6.45, 7) is 1.91. The number of hydrogen-bond donors (Lipinski definition) is 0. The number of aryl methyl sites for hydroxylation is 2. The van der Waals surface area contributed by atoms with Crippen molar-refractivity contribution < 1.29 is 0 Å². The Balaban J connectivity index is 2.22. The molecule has 4 nitrogen and oxygen atoms in total. The number of aromatic nitrogens is 3. The van der Waals surface area contributed by atoms with Crippen molar-refractivity contribution in [2.45, 2.75) is 6.92 Å². The molecule has 0 fully saturated rings. The Labute approximate surface area is 108 Å². The Morgan fingerprint density at radius 3 is 3.00 bits per heavy atom. The van der Waals surface area contributed by atoms with E-state index in [2.05, 4.69) is 16.0 Å². The fraction of sp³-hybridized carbons (Fsp3) is 0.154. The first-order valence-electron chi connectivity index (χ1n) is 5.48. The second-order valence-corrected chi connectivity index (χ2v) is 5.28. The number of fused-ring (bicyclic) bond motifs is 1. The highest BCUT2D eigenvalue weighted by Crippen LogP contribution is 2.29. The molecule has 0 radical (unpaired) electrons. The van der Waals surface area contributed by atoms with Crippen LogP contribution in [0.25, 0.3) is 22.3 Å². The van der Waals surface area contributed by atoms with E-state index in [1.54, 1.807) is 6.33 Å². The van der Waals surface area contributed by atoms with Crippen LogP contribution in [0, 0.1) is 18.3 Å². The van der Waals surface area contributed by atoms with Gasteiger partial charge in [0.05, 0.1) is 28.1 Å². The normalized spacial score (nSPS) is 10.7. The Bertz CT molecular complexity index is 776. The molecule has 0 saturated heterocycles. The highest BCUT2D eigenvalue weighted by molar-refractivity contribution is 7.12. The molecule has 3 rings (SSSR count). The molecule has 0 amide bonds. The average Bonchev–Trinajstić information content (AvgIpc) is 2.93. The molecule has 0 spiro atoms. The Kier molecular flexibility index (Phi) is 2.39. The lowest BCUT2D eigenvalue weighted by molar-refractivity contribution is 0.948. The average molecular weight is 254 g/mol. The number of hydrogen-bond acceptors (Lipinski definition) is 4. The van der Waals surface area contributed by atoms with E-state index in [0.717, 1.165) is 27.3 Å².